The molecule has 0 aliphatic heterocycles. The number of carbonyl (C=O) groups excluding carboxylic acids is 1. The van der Waals surface area contributed by atoms with Crippen molar-refractivity contribution in [3.8, 4) is 0 Å². The van der Waals surface area contributed by atoms with Gasteiger partial charge in [0.25, 0.3) is 0 Å². The van der Waals surface area contributed by atoms with Crippen LogP contribution in [0.3, 0.4) is 0 Å². The van der Waals surface area contributed by atoms with E-state index in [0.29, 0.717) is 12.2 Å². The van der Waals surface area contributed by atoms with E-state index in [1.165, 1.54) is 16.0 Å². The zero-order valence-corrected chi connectivity index (χ0v) is 14.7. The first kappa shape index (κ1) is 14.8. The van der Waals surface area contributed by atoms with Gasteiger partial charge in [-0.05, 0) is 24.3 Å². The Kier molecular flexibility index (Phi) is 3.14. The van der Waals surface area contributed by atoms with E-state index >= 15 is 0 Å². The summed E-state index contributed by atoms with van der Waals surface area (Å²) in [5, 5.41) is 0. The first-order valence-electron chi connectivity index (χ1n) is 8.16. The Balaban J connectivity index is 1.99. The van der Waals surface area contributed by atoms with Crippen LogP contribution in [0.1, 0.15) is 49.7 Å². The van der Waals surface area contributed by atoms with E-state index < -0.39 is 0 Å². The van der Waals surface area contributed by atoms with E-state index in [0.717, 1.165) is 24.1 Å². The largest absolute Gasteiger partial charge is 0.294 e. The summed E-state index contributed by atoms with van der Waals surface area (Å²) in [6.45, 7) is 6.61. The molecule has 0 N–H and O–H groups in total. The molecule has 0 saturated heterocycles. The summed E-state index contributed by atoms with van der Waals surface area (Å²) >= 11 is 1.69. The Hall–Kier alpha value is -1.74. The molecule has 0 amide bonds. The van der Waals surface area contributed by atoms with E-state index in [4.69, 9.17) is 0 Å². The normalized spacial score (nSPS) is 26.0. The highest BCUT2D eigenvalue weighted by atomic mass is 32.1. The fraction of sp³-hybridized carbons (Fsp3) is 0.400. The summed E-state index contributed by atoms with van der Waals surface area (Å²) in [5.74, 6) is 0.321. The number of benzene rings is 1. The monoisotopic (exact) mass is 323 g/mol. The molecular formula is C20H21NOS. The predicted molar refractivity (Wildman–Crippen MR) is 93.8 cm³/mol. The SMILES string of the molecule is CC1(C)CC(=O)C2=C(Cc3ncsc3C2(C)c2ccccc2)C1. The van der Waals surface area contributed by atoms with Crippen LogP contribution < -0.4 is 0 Å². The van der Waals surface area contributed by atoms with Crippen LogP contribution in [0.15, 0.2) is 47.0 Å². The number of allylic oxidation sites excluding steroid dienone is 2. The quantitative estimate of drug-likeness (QED) is 0.762. The lowest BCUT2D eigenvalue weighted by atomic mass is 9.60. The van der Waals surface area contributed by atoms with Gasteiger partial charge in [-0.3, -0.25) is 4.79 Å². The highest BCUT2D eigenvalue weighted by Gasteiger charge is 2.48. The molecule has 0 saturated carbocycles. The smallest absolute Gasteiger partial charge is 0.160 e. The molecule has 0 radical (unpaired) electrons. The molecule has 0 fully saturated rings. The summed E-state index contributed by atoms with van der Waals surface area (Å²) < 4.78 is 0. The molecule has 3 heteroatoms. The summed E-state index contributed by atoms with van der Waals surface area (Å²) in [7, 11) is 0. The van der Waals surface area contributed by atoms with Crippen LogP contribution in [0.25, 0.3) is 0 Å². The molecule has 1 aromatic heterocycles. The maximum Gasteiger partial charge on any atom is 0.160 e. The van der Waals surface area contributed by atoms with Crippen molar-refractivity contribution in [2.24, 2.45) is 5.41 Å². The van der Waals surface area contributed by atoms with Crippen molar-refractivity contribution in [2.75, 3.05) is 0 Å². The van der Waals surface area contributed by atoms with Crippen LogP contribution in [-0.2, 0) is 16.6 Å². The van der Waals surface area contributed by atoms with Crippen molar-refractivity contribution in [3.63, 3.8) is 0 Å². The van der Waals surface area contributed by atoms with Crippen LogP contribution in [-0.4, -0.2) is 10.8 Å². The second kappa shape index (κ2) is 4.88. The fourth-order valence-corrected chi connectivity index (χ4v) is 5.40. The van der Waals surface area contributed by atoms with Crippen LogP contribution in [0.2, 0.25) is 0 Å². The van der Waals surface area contributed by atoms with Gasteiger partial charge in [-0.1, -0.05) is 49.8 Å². The number of Topliss-reactive ketones (excluding diaryl/α,β-unsaturated/α-hetero) is 1. The number of rotatable bonds is 1. The molecule has 1 heterocycles. The van der Waals surface area contributed by atoms with Gasteiger partial charge in [-0.2, -0.15) is 0 Å². The molecule has 2 aromatic rings. The number of nitrogens with zero attached hydrogens (tertiary/aromatic N) is 1. The average molecular weight is 323 g/mol. The summed E-state index contributed by atoms with van der Waals surface area (Å²) in [4.78, 5) is 19.0. The van der Waals surface area contributed by atoms with Gasteiger partial charge in [0.15, 0.2) is 5.78 Å². The van der Waals surface area contributed by atoms with Crippen molar-refractivity contribution in [1.82, 2.24) is 4.98 Å². The van der Waals surface area contributed by atoms with Gasteiger partial charge in [0.2, 0.25) is 0 Å². The molecule has 2 aliphatic rings. The zero-order valence-electron chi connectivity index (χ0n) is 13.8. The highest BCUT2D eigenvalue weighted by Crippen LogP contribution is 2.52. The second-order valence-corrected chi connectivity index (χ2v) is 8.57. The lowest BCUT2D eigenvalue weighted by molar-refractivity contribution is -0.118. The van der Waals surface area contributed by atoms with Crippen LogP contribution in [0.4, 0.5) is 0 Å². The molecule has 1 aromatic carbocycles. The molecule has 2 aliphatic carbocycles. The molecule has 23 heavy (non-hydrogen) atoms. The highest BCUT2D eigenvalue weighted by molar-refractivity contribution is 7.10. The van der Waals surface area contributed by atoms with Crippen molar-refractivity contribution < 1.29 is 4.79 Å². The number of carbonyl (C=O) groups is 1. The minimum Gasteiger partial charge on any atom is -0.294 e. The molecule has 1 atom stereocenters. The molecular weight excluding hydrogens is 302 g/mol. The Bertz CT molecular complexity index is 815. The Morgan fingerprint density at radius 2 is 1.83 bits per heavy atom. The minimum absolute atomic E-state index is 0.0566. The maximum absolute atomic E-state index is 13.1. The lowest BCUT2D eigenvalue weighted by Crippen LogP contribution is -2.40. The van der Waals surface area contributed by atoms with Crippen molar-refractivity contribution in [2.45, 2.75) is 45.4 Å². The van der Waals surface area contributed by atoms with Gasteiger partial charge in [0.05, 0.1) is 16.6 Å². The number of ketones is 1. The lowest BCUT2D eigenvalue weighted by Gasteiger charge is -2.43. The van der Waals surface area contributed by atoms with Gasteiger partial charge in [-0.15, -0.1) is 11.3 Å². The number of fused-ring (bicyclic) bond motifs is 1. The van der Waals surface area contributed by atoms with E-state index in [2.05, 4.69) is 50.0 Å². The summed E-state index contributed by atoms with van der Waals surface area (Å²) in [6.07, 6.45) is 2.47. The number of hydrogen-bond acceptors (Lipinski definition) is 3. The van der Waals surface area contributed by atoms with Gasteiger partial charge >= 0.3 is 0 Å². The molecule has 0 bridgehead atoms. The number of aromatic nitrogens is 1. The first-order valence-corrected chi connectivity index (χ1v) is 9.04. The molecule has 2 nitrogen and oxygen atoms in total. The fourth-order valence-electron chi connectivity index (χ4n) is 4.40. The topological polar surface area (TPSA) is 30.0 Å². The van der Waals surface area contributed by atoms with Crippen LogP contribution in [0, 0.1) is 5.41 Å². The van der Waals surface area contributed by atoms with E-state index in [9.17, 15) is 4.79 Å². The van der Waals surface area contributed by atoms with Crippen molar-refractivity contribution in [1.29, 1.82) is 0 Å². The van der Waals surface area contributed by atoms with Crippen LogP contribution >= 0.6 is 11.3 Å². The number of hydrogen-bond donors (Lipinski definition) is 0. The molecule has 0 spiro atoms. The van der Waals surface area contributed by atoms with Crippen molar-refractivity contribution >= 4 is 17.1 Å². The molecule has 1 unspecified atom stereocenters. The first-order chi connectivity index (χ1) is 10.9. The van der Waals surface area contributed by atoms with Gasteiger partial charge in [0, 0.05) is 23.3 Å². The third kappa shape index (κ3) is 2.13. The van der Waals surface area contributed by atoms with E-state index in [1.54, 1.807) is 11.3 Å². The summed E-state index contributed by atoms with van der Waals surface area (Å²) in [5.41, 5.74) is 6.34. The second-order valence-electron chi connectivity index (χ2n) is 7.72. The molecule has 118 valence electrons. The average Bonchev–Trinajstić information content (AvgIpc) is 2.95. The number of thiazole rings is 1. The van der Waals surface area contributed by atoms with Gasteiger partial charge in [-0.25, -0.2) is 4.98 Å². The standard InChI is InChI=1S/C20H21NOS/c1-19(2)10-13-9-15-18(23-12-21-15)20(3,17(13)16(22)11-19)14-7-5-4-6-8-14/h4-8,12H,9-11H2,1-3H3. The Labute approximate surface area is 141 Å². The van der Waals surface area contributed by atoms with E-state index in [-0.39, 0.29) is 10.8 Å². The molecule has 4 rings (SSSR count). The van der Waals surface area contributed by atoms with Crippen LogP contribution in [0.5, 0.6) is 0 Å². The Morgan fingerprint density at radius 1 is 1.09 bits per heavy atom. The van der Waals surface area contributed by atoms with Crippen molar-refractivity contribution in [3.05, 3.63) is 63.1 Å². The Morgan fingerprint density at radius 3 is 2.57 bits per heavy atom. The third-order valence-electron chi connectivity index (χ3n) is 5.29. The van der Waals surface area contributed by atoms with E-state index in [1.807, 2.05) is 11.6 Å². The zero-order chi connectivity index (χ0) is 16.2. The third-order valence-corrected chi connectivity index (χ3v) is 6.38. The van der Waals surface area contributed by atoms with Gasteiger partial charge < -0.3 is 0 Å². The van der Waals surface area contributed by atoms with Gasteiger partial charge in [0.1, 0.15) is 0 Å². The maximum atomic E-state index is 13.1. The predicted octanol–water partition coefficient (Wildman–Crippen LogP) is 4.69. The summed E-state index contributed by atoms with van der Waals surface area (Å²) in [6, 6.07) is 10.4. The minimum atomic E-state index is -0.348.